The summed E-state index contributed by atoms with van der Waals surface area (Å²) < 4.78 is 24.9. The van der Waals surface area contributed by atoms with E-state index in [9.17, 15) is 13.2 Å². The standard InChI is InChI=1S/C13H21N3O3S/c1-10-5-6-11(9-12(10)16-20(3,18)19)13(17)15-8-4-7-14-2/h5-6,9,14,16H,4,7-8H2,1-3H3,(H,15,17). The monoisotopic (exact) mass is 299 g/mol. The van der Waals surface area contributed by atoms with Crippen LogP contribution >= 0.6 is 0 Å². The third-order valence-corrected chi connectivity index (χ3v) is 3.27. The van der Waals surface area contributed by atoms with Crippen LogP contribution in [0.4, 0.5) is 5.69 Å². The van der Waals surface area contributed by atoms with E-state index in [1.165, 1.54) is 0 Å². The molecule has 0 aliphatic rings. The second-order valence-corrected chi connectivity index (χ2v) is 6.37. The Morgan fingerprint density at radius 2 is 1.95 bits per heavy atom. The molecule has 1 amide bonds. The molecule has 0 atom stereocenters. The molecule has 6 nitrogen and oxygen atoms in total. The molecule has 0 aliphatic carbocycles. The van der Waals surface area contributed by atoms with Crippen LogP contribution < -0.4 is 15.4 Å². The van der Waals surface area contributed by atoms with Crippen molar-refractivity contribution >= 4 is 21.6 Å². The average Bonchev–Trinajstić information content (AvgIpc) is 2.35. The zero-order chi connectivity index (χ0) is 15.2. The number of benzene rings is 1. The van der Waals surface area contributed by atoms with Gasteiger partial charge in [0.1, 0.15) is 0 Å². The van der Waals surface area contributed by atoms with E-state index in [4.69, 9.17) is 0 Å². The fourth-order valence-corrected chi connectivity index (χ4v) is 2.26. The largest absolute Gasteiger partial charge is 0.352 e. The van der Waals surface area contributed by atoms with Gasteiger partial charge in [0, 0.05) is 12.1 Å². The molecule has 0 aliphatic heterocycles. The van der Waals surface area contributed by atoms with Crippen molar-refractivity contribution in [3.05, 3.63) is 29.3 Å². The summed E-state index contributed by atoms with van der Waals surface area (Å²) in [7, 11) is -1.50. The minimum Gasteiger partial charge on any atom is -0.352 e. The average molecular weight is 299 g/mol. The van der Waals surface area contributed by atoms with Crippen molar-refractivity contribution in [1.29, 1.82) is 0 Å². The third-order valence-electron chi connectivity index (χ3n) is 2.68. The third kappa shape index (κ3) is 5.58. The summed E-state index contributed by atoms with van der Waals surface area (Å²) in [5.74, 6) is -0.211. The second kappa shape index (κ2) is 7.25. The Morgan fingerprint density at radius 3 is 2.55 bits per heavy atom. The summed E-state index contributed by atoms with van der Waals surface area (Å²) in [5.41, 5.74) is 1.63. The molecule has 7 heteroatoms. The van der Waals surface area contributed by atoms with Crippen molar-refractivity contribution in [3.63, 3.8) is 0 Å². The summed E-state index contributed by atoms with van der Waals surface area (Å²) in [4.78, 5) is 11.9. The van der Waals surface area contributed by atoms with E-state index < -0.39 is 10.0 Å². The Balaban J connectivity index is 2.76. The quantitative estimate of drug-likeness (QED) is 0.647. The Kier molecular flexibility index (Phi) is 5.97. The van der Waals surface area contributed by atoms with E-state index in [0.29, 0.717) is 17.8 Å². The number of sulfonamides is 1. The van der Waals surface area contributed by atoms with E-state index in [1.807, 2.05) is 7.05 Å². The molecule has 20 heavy (non-hydrogen) atoms. The first-order chi connectivity index (χ1) is 9.33. The Hall–Kier alpha value is -1.60. The summed E-state index contributed by atoms with van der Waals surface area (Å²) >= 11 is 0. The van der Waals surface area contributed by atoms with Gasteiger partial charge in [0.25, 0.3) is 5.91 Å². The maximum absolute atomic E-state index is 11.9. The molecule has 0 fully saturated rings. The Morgan fingerprint density at radius 1 is 1.25 bits per heavy atom. The first-order valence-corrected chi connectivity index (χ1v) is 8.24. The van der Waals surface area contributed by atoms with E-state index in [-0.39, 0.29) is 5.91 Å². The number of hydrogen-bond donors (Lipinski definition) is 3. The Bertz CT molecular complexity index is 570. The lowest BCUT2D eigenvalue weighted by Gasteiger charge is -2.10. The lowest BCUT2D eigenvalue weighted by Crippen LogP contribution is -2.26. The number of anilines is 1. The minimum absolute atomic E-state index is 0.211. The molecule has 0 radical (unpaired) electrons. The van der Waals surface area contributed by atoms with Gasteiger partial charge in [-0.3, -0.25) is 9.52 Å². The molecule has 1 aromatic rings. The molecule has 0 saturated heterocycles. The number of nitrogens with one attached hydrogen (secondary N) is 3. The summed E-state index contributed by atoms with van der Waals surface area (Å²) in [6.07, 6.45) is 1.92. The van der Waals surface area contributed by atoms with E-state index >= 15 is 0 Å². The molecular formula is C13H21N3O3S. The molecular weight excluding hydrogens is 278 g/mol. The first kappa shape index (κ1) is 16.5. The van der Waals surface area contributed by atoms with Crippen LogP contribution in [0.5, 0.6) is 0 Å². The van der Waals surface area contributed by atoms with Crippen LogP contribution in [0.3, 0.4) is 0 Å². The molecule has 3 N–H and O–H groups in total. The van der Waals surface area contributed by atoms with Gasteiger partial charge in [-0.05, 0) is 44.6 Å². The SMILES string of the molecule is CNCCCNC(=O)c1ccc(C)c(NS(C)(=O)=O)c1. The lowest BCUT2D eigenvalue weighted by atomic mass is 10.1. The highest BCUT2D eigenvalue weighted by molar-refractivity contribution is 7.92. The van der Waals surface area contributed by atoms with Crippen molar-refractivity contribution in [2.24, 2.45) is 0 Å². The van der Waals surface area contributed by atoms with E-state index in [1.54, 1.807) is 25.1 Å². The predicted octanol–water partition coefficient (Wildman–Crippen LogP) is 0.706. The fraction of sp³-hybridized carbons (Fsp3) is 0.462. The highest BCUT2D eigenvalue weighted by Gasteiger charge is 2.10. The van der Waals surface area contributed by atoms with Gasteiger partial charge in [0.05, 0.1) is 11.9 Å². The number of aryl methyl sites for hydroxylation is 1. The van der Waals surface area contributed by atoms with Crippen LogP contribution in [-0.4, -0.2) is 40.7 Å². The van der Waals surface area contributed by atoms with Crippen LogP contribution in [0, 0.1) is 6.92 Å². The van der Waals surface area contributed by atoms with Crippen LogP contribution in [0.1, 0.15) is 22.3 Å². The molecule has 1 aromatic carbocycles. The van der Waals surface area contributed by atoms with Gasteiger partial charge in [-0.1, -0.05) is 6.07 Å². The Labute approximate surface area is 120 Å². The number of rotatable bonds is 7. The minimum atomic E-state index is -3.36. The maximum Gasteiger partial charge on any atom is 0.251 e. The van der Waals surface area contributed by atoms with Gasteiger partial charge < -0.3 is 10.6 Å². The van der Waals surface area contributed by atoms with Gasteiger partial charge in [-0.25, -0.2) is 8.42 Å². The maximum atomic E-state index is 11.9. The molecule has 112 valence electrons. The molecule has 0 spiro atoms. The van der Waals surface area contributed by atoms with Crippen molar-refractivity contribution in [2.45, 2.75) is 13.3 Å². The van der Waals surface area contributed by atoms with Crippen LogP contribution in [0.2, 0.25) is 0 Å². The van der Waals surface area contributed by atoms with Crippen molar-refractivity contribution in [2.75, 3.05) is 31.1 Å². The molecule has 0 bridgehead atoms. The normalized spacial score (nSPS) is 11.2. The van der Waals surface area contributed by atoms with E-state index in [0.717, 1.165) is 24.8 Å². The topological polar surface area (TPSA) is 87.3 Å². The van der Waals surface area contributed by atoms with Crippen LogP contribution in [0.15, 0.2) is 18.2 Å². The predicted molar refractivity (Wildman–Crippen MR) is 80.5 cm³/mol. The van der Waals surface area contributed by atoms with Gasteiger partial charge in [0.15, 0.2) is 0 Å². The van der Waals surface area contributed by atoms with E-state index in [2.05, 4.69) is 15.4 Å². The van der Waals surface area contributed by atoms with Crippen molar-refractivity contribution < 1.29 is 13.2 Å². The molecule has 0 saturated carbocycles. The van der Waals surface area contributed by atoms with Gasteiger partial charge in [-0.15, -0.1) is 0 Å². The number of hydrogen-bond acceptors (Lipinski definition) is 4. The summed E-state index contributed by atoms with van der Waals surface area (Å²) in [5, 5.41) is 5.78. The van der Waals surface area contributed by atoms with Gasteiger partial charge >= 0.3 is 0 Å². The number of carbonyl (C=O) groups excluding carboxylic acids is 1. The number of amides is 1. The molecule has 1 rings (SSSR count). The zero-order valence-electron chi connectivity index (χ0n) is 12.0. The fourth-order valence-electron chi connectivity index (χ4n) is 1.64. The second-order valence-electron chi connectivity index (χ2n) is 4.62. The number of carbonyl (C=O) groups is 1. The summed E-state index contributed by atoms with van der Waals surface area (Å²) in [6.45, 7) is 3.18. The van der Waals surface area contributed by atoms with Crippen LogP contribution in [-0.2, 0) is 10.0 Å². The van der Waals surface area contributed by atoms with Gasteiger partial charge in [-0.2, -0.15) is 0 Å². The van der Waals surface area contributed by atoms with Crippen molar-refractivity contribution in [3.8, 4) is 0 Å². The van der Waals surface area contributed by atoms with Crippen molar-refractivity contribution in [1.82, 2.24) is 10.6 Å². The molecule has 0 aromatic heterocycles. The molecule has 0 heterocycles. The molecule has 0 unspecified atom stereocenters. The summed E-state index contributed by atoms with van der Waals surface area (Å²) in [6, 6.07) is 4.94. The zero-order valence-corrected chi connectivity index (χ0v) is 12.8. The van der Waals surface area contributed by atoms with Crippen LogP contribution in [0.25, 0.3) is 0 Å². The van der Waals surface area contributed by atoms with Gasteiger partial charge in [0.2, 0.25) is 10.0 Å². The highest BCUT2D eigenvalue weighted by Crippen LogP contribution is 2.17. The first-order valence-electron chi connectivity index (χ1n) is 6.34. The highest BCUT2D eigenvalue weighted by atomic mass is 32.2. The lowest BCUT2D eigenvalue weighted by molar-refractivity contribution is 0.0953. The smallest absolute Gasteiger partial charge is 0.251 e.